The van der Waals surface area contributed by atoms with E-state index in [1.54, 1.807) is 17.0 Å². The Balaban J connectivity index is 2.04. The van der Waals surface area contributed by atoms with Crippen LogP contribution in [0, 0.1) is 0 Å². The molecule has 2 amide bonds. The van der Waals surface area contributed by atoms with Crippen molar-refractivity contribution < 1.29 is 9.59 Å². The second kappa shape index (κ2) is 4.70. The van der Waals surface area contributed by atoms with Gasteiger partial charge in [-0.15, -0.1) is 0 Å². The molecule has 2 heterocycles. The molecule has 0 saturated heterocycles. The Morgan fingerprint density at radius 1 is 1.05 bits per heavy atom. The lowest BCUT2D eigenvalue weighted by Gasteiger charge is -2.35. The number of hydrogen-bond acceptors (Lipinski definition) is 2. The molecule has 0 fully saturated rings. The molecule has 2 aliphatic rings. The number of allylic oxidation sites excluding steroid dienone is 4. The van der Waals surface area contributed by atoms with Gasteiger partial charge in [0.25, 0.3) is 5.91 Å². The van der Waals surface area contributed by atoms with Crippen molar-refractivity contribution in [3.63, 3.8) is 0 Å². The normalized spacial score (nSPS) is 15.9. The molecule has 4 heteroatoms. The van der Waals surface area contributed by atoms with Crippen LogP contribution in [0.4, 0.5) is 0 Å². The highest BCUT2D eigenvalue weighted by atomic mass is 16.2. The van der Waals surface area contributed by atoms with Gasteiger partial charge in [0, 0.05) is 11.1 Å². The number of carbonyl (C=O) groups excluding carboxylic acids is 2. The lowest BCUT2D eigenvalue weighted by molar-refractivity contribution is 0.0837. The first-order chi connectivity index (χ1) is 10.3. The minimum Gasteiger partial charge on any atom is -0.366 e. The fourth-order valence-electron chi connectivity index (χ4n) is 2.54. The SMILES string of the molecule is CC(C)(C)c1cc(C(N)=O)cc(C(=O)N2C3=CC=CC2=C3)c1. The maximum absolute atomic E-state index is 12.8. The fourth-order valence-corrected chi connectivity index (χ4v) is 2.54. The number of nitrogens with zero attached hydrogens (tertiary/aromatic N) is 1. The van der Waals surface area contributed by atoms with Crippen molar-refractivity contribution >= 4 is 11.8 Å². The van der Waals surface area contributed by atoms with Crippen molar-refractivity contribution in [3.8, 4) is 0 Å². The monoisotopic (exact) mass is 294 g/mol. The zero-order valence-electron chi connectivity index (χ0n) is 12.9. The average molecular weight is 294 g/mol. The van der Waals surface area contributed by atoms with Crippen LogP contribution in [0.25, 0.3) is 0 Å². The Morgan fingerprint density at radius 2 is 1.73 bits per heavy atom. The van der Waals surface area contributed by atoms with Crippen LogP contribution in [0.2, 0.25) is 0 Å². The van der Waals surface area contributed by atoms with Crippen LogP contribution < -0.4 is 5.73 Å². The maximum Gasteiger partial charge on any atom is 0.262 e. The van der Waals surface area contributed by atoms with Crippen LogP contribution in [-0.2, 0) is 5.41 Å². The van der Waals surface area contributed by atoms with E-state index in [0.717, 1.165) is 17.0 Å². The maximum atomic E-state index is 12.8. The quantitative estimate of drug-likeness (QED) is 0.911. The Morgan fingerprint density at radius 3 is 2.23 bits per heavy atom. The highest BCUT2D eigenvalue weighted by Crippen LogP contribution is 2.33. The highest BCUT2D eigenvalue weighted by Gasteiger charge is 2.31. The van der Waals surface area contributed by atoms with Gasteiger partial charge in [0.15, 0.2) is 0 Å². The van der Waals surface area contributed by atoms with Gasteiger partial charge >= 0.3 is 0 Å². The topological polar surface area (TPSA) is 63.4 Å². The predicted molar refractivity (Wildman–Crippen MR) is 85.1 cm³/mol. The van der Waals surface area contributed by atoms with Gasteiger partial charge in [0.1, 0.15) is 0 Å². The molecule has 3 rings (SSSR count). The van der Waals surface area contributed by atoms with E-state index < -0.39 is 5.91 Å². The molecule has 4 nitrogen and oxygen atoms in total. The third-order valence-electron chi connectivity index (χ3n) is 3.88. The van der Waals surface area contributed by atoms with Crippen LogP contribution in [0.15, 0.2) is 53.9 Å². The molecule has 0 saturated carbocycles. The molecule has 0 radical (unpaired) electrons. The van der Waals surface area contributed by atoms with E-state index >= 15 is 0 Å². The average Bonchev–Trinajstić information content (AvgIpc) is 2.46. The van der Waals surface area contributed by atoms with Crippen molar-refractivity contribution in [2.45, 2.75) is 26.2 Å². The summed E-state index contributed by atoms with van der Waals surface area (Å²) in [4.78, 5) is 26.0. The molecule has 2 bridgehead atoms. The summed E-state index contributed by atoms with van der Waals surface area (Å²) >= 11 is 0. The van der Waals surface area contributed by atoms with E-state index in [4.69, 9.17) is 5.73 Å². The second-order valence-corrected chi connectivity index (χ2v) is 6.57. The van der Waals surface area contributed by atoms with E-state index in [2.05, 4.69) is 0 Å². The first-order valence-electron chi connectivity index (χ1n) is 7.17. The van der Waals surface area contributed by atoms with Crippen LogP contribution in [0.1, 0.15) is 47.1 Å². The number of rotatable bonds is 2. The lowest BCUT2D eigenvalue weighted by atomic mass is 9.84. The standard InChI is InChI=1S/C18H18N2O2/c1-18(2,3)13-8-11(16(19)21)7-12(9-13)17(22)20-14-5-4-6-15(20)10-14/h4-10H,1-3H3,(H2,19,21). The largest absolute Gasteiger partial charge is 0.366 e. The van der Waals surface area contributed by atoms with E-state index in [-0.39, 0.29) is 11.3 Å². The van der Waals surface area contributed by atoms with Gasteiger partial charge in [-0.2, -0.15) is 0 Å². The zero-order valence-corrected chi connectivity index (χ0v) is 12.9. The van der Waals surface area contributed by atoms with Gasteiger partial charge in [-0.3, -0.25) is 14.5 Å². The van der Waals surface area contributed by atoms with Crippen molar-refractivity contribution in [2.24, 2.45) is 5.73 Å². The van der Waals surface area contributed by atoms with Crippen LogP contribution in [0.5, 0.6) is 0 Å². The number of nitrogens with two attached hydrogens (primary N) is 1. The smallest absolute Gasteiger partial charge is 0.262 e. The van der Waals surface area contributed by atoms with Crippen molar-refractivity contribution in [1.29, 1.82) is 0 Å². The molecule has 112 valence electrons. The molecule has 0 aliphatic carbocycles. The third kappa shape index (κ3) is 2.26. The Hall–Kier alpha value is -2.62. The molecule has 0 spiro atoms. The van der Waals surface area contributed by atoms with E-state index in [1.807, 2.05) is 51.1 Å². The summed E-state index contributed by atoms with van der Waals surface area (Å²) in [6.45, 7) is 6.11. The van der Waals surface area contributed by atoms with Gasteiger partial charge in [0.2, 0.25) is 5.91 Å². The summed E-state index contributed by atoms with van der Waals surface area (Å²) in [6.07, 6.45) is 7.62. The summed E-state index contributed by atoms with van der Waals surface area (Å²) < 4.78 is 0. The summed E-state index contributed by atoms with van der Waals surface area (Å²) in [7, 11) is 0. The molecule has 1 aromatic carbocycles. The molecule has 2 aliphatic heterocycles. The van der Waals surface area contributed by atoms with Gasteiger partial charge in [-0.25, -0.2) is 0 Å². The van der Waals surface area contributed by atoms with Crippen LogP contribution >= 0.6 is 0 Å². The Bertz CT molecular complexity index is 765. The van der Waals surface area contributed by atoms with E-state index in [0.29, 0.717) is 11.1 Å². The molecule has 2 N–H and O–H groups in total. The number of primary amides is 1. The minimum atomic E-state index is -0.526. The van der Waals surface area contributed by atoms with Crippen molar-refractivity contribution in [1.82, 2.24) is 4.90 Å². The van der Waals surface area contributed by atoms with Crippen LogP contribution in [0.3, 0.4) is 0 Å². The van der Waals surface area contributed by atoms with Crippen LogP contribution in [-0.4, -0.2) is 16.7 Å². The molecule has 22 heavy (non-hydrogen) atoms. The number of hydrogen-bond donors (Lipinski definition) is 1. The van der Waals surface area contributed by atoms with Crippen molar-refractivity contribution in [3.05, 3.63) is 70.6 Å². The zero-order chi connectivity index (χ0) is 16.1. The first-order valence-corrected chi connectivity index (χ1v) is 7.17. The van der Waals surface area contributed by atoms with E-state index in [1.165, 1.54) is 0 Å². The summed E-state index contributed by atoms with van der Waals surface area (Å²) in [5.74, 6) is -0.663. The lowest BCUT2D eigenvalue weighted by Crippen LogP contribution is -2.36. The third-order valence-corrected chi connectivity index (χ3v) is 3.88. The number of benzene rings is 1. The number of amides is 2. The van der Waals surface area contributed by atoms with Gasteiger partial charge in [-0.05, 0) is 47.4 Å². The number of fused-ring (bicyclic) bond motifs is 2. The minimum absolute atomic E-state index is 0.137. The Kier molecular flexibility index (Phi) is 3.06. The molecular formula is C18H18N2O2. The predicted octanol–water partition coefficient (Wildman–Crippen LogP) is 2.88. The molecular weight excluding hydrogens is 276 g/mol. The van der Waals surface area contributed by atoms with Gasteiger partial charge in [0.05, 0.1) is 11.4 Å². The molecule has 0 atom stereocenters. The van der Waals surface area contributed by atoms with Crippen molar-refractivity contribution in [2.75, 3.05) is 0 Å². The summed E-state index contributed by atoms with van der Waals surface area (Å²) in [5, 5.41) is 0. The second-order valence-electron chi connectivity index (χ2n) is 6.57. The Labute approximate surface area is 129 Å². The number of carbonyl (C=O) groups is 2. The molecule has 0 aromatic heterocycles. The highest BCUT2D eigenvalue weighted by molar-refractivity contribution is 6.02. The first kappa shape index (κ1) is 14.3. The van der Waals surface area contributed by atoms with Gasteiger partial charge < -0.3 is 5.73 Å². The summed E-state index contributed by atoms with van der Waals surface area (Å²) in [5.41, 5.74) is 8.72. The molecule has 0 unspecified atom stereocenters. The summed E-state index contributed by atoms with van der Waals surface area (Å²) in [6, 6.07) is 5.17. The van der Waals surface area contributed by atoms with Gasteiger partial charge in [-0.1, -0.05) is 26.8 Å². The molecule has 1 aromatic rings. The fraction of sp³-hybridized carbons (Fsp3) is 0.222. The van der Waals surface area contributed by atoms with E-state index in [9.17, 15) is 9.59 Å².